The summed E-state index contributed by atoms with van der Waals surface area (Å²) >= 11 is 0. The van der Waals surface area contributed by atoms with Crippen molar-refractivity contribution in [3.05, 3.63) is 35.5 Å². The van der Waals surface area contributed by atoms with Gasteiger partial charge in [-0.05, 0) is 38.0 Å². The zero-order chi connectivity index (χ0) is 12.5. The maximum Gasteiger partial charge on any atom is 0.0726 e. The van der Waals surface area contributed by atoms with Gasteiger partial charge in [0.15, 0.2) is 0 Å². The lowest BCUT2D eigenvalue weighted by molar-refractivity contribution is 0.701. The zero-order valence-corrected chi connectivity index (χ0v) is 11.2. The van der Waals surface area contributed by atoms with Gasteiger partial charge in [0, 0.05) is 29.7 Å². The molecule has 1 N–H and O–H groups in total. The van der Waals surface area contributed by atoms with Gasteiger partial charge in [-0.25, -0.2) is 0 Å². The minimum atomic E-state index is 0.669. The predicted molar refractivity (Wildman–Crippen MR) is 77.2 cm³/mol. The van der Waals surface area contributed by atoms with E-state index < -0.39 is 0 Å². The molecule has 18 heavy (non-hydrogen) atoms. The minimum Gasteiger partial charge on any atom is -0.388 e. The van der Waals surface area contributed by atoms with Crippen molar-refractivity contribution >= 4 is 16.6 Å². The number of pyridine rings is 1. The topological polar surface area (TPSA) is 24.9 Å². The van der Waals surface area contributed by atoms with E-state index in [1.807, 2.05) is 7.05 Å². The lowest BCUT2D eigenvalue weighted by atomic mass is 10.0. The summed E-state index contributed by atoms with van der Waals surface area (Å²) in [5, 5.41) is 4.56. The molecule has 2 nitrogen and oxygen atoms in total. The number of rotatable bonds is 2. The fraction of sp³-hybridized carbons (Fsp3) is 0.438. The third-order valence-corrected chi connectivity index (χ3v) is 4.03. The Hall–Kier alpha value is -1.57. The largest absolute Gasteiger partial charge is 0.388 e. The first-order valence-corrected chi connectivity index (χ1v) is 6.87. The fourth-order valence-corrected chi connectivity index (χ4v) is 3.00. The molecule has 0 unspecified atom stereocenters. The summed E-state index contributed by atoms with van der Waals surface area (Å²) < 4.78 is 0. The van der Waals surface area contributed by atoms with Gasteiger partial charge in [-0.15, -0.1) is 0 Å². The highest BCUT2D eigenvalue weighted by molar-refractivity contribution is 5.92. The number of hydrogen-bond acceptors (Lipinski definition) is 2. The summed E-state index contributed by atoms with van der Waals surface area (Å²) in [7, 11) is 2.00. The molecule has 3 rings (SSSR count). The van der Waals surface area contributed by atoms with Crippen LogP contribution in [0.4, 0.5) is 5.69 Å². The maximum absolute atomic E-state index is 4.87. The van der Waals surface area contributed by atoms with Gasteiger partial charge in [0.25, 0.3) is 0 Å². The SMILES string of the molecule is CNc1cc(C2CCCC2)nc2ccc(C)cc12. The normalized spacial score (nSPS) is 16.3. The first kappa shape index (κ1) is 11.5. The van der Waals surface area contributed by atoms with Crippen LogP contribution in [-0.4, -0.2) is 12.0 Å². The van der Waals surface area contributed by atoms with E-state index in [0.717, 1.165) is 5.52 Å². The Labute approximate surface area is 108 Å². The second-order valence-corrected chi connectivity index (χ2v) is 5.35. The number of nitrogens with zero attached hydrogens (tertiary/aromatic N) is 1. The van der Waals surface area contributed by atoms with E-state index in [9.17, 15) is 0 Å². The molecular weight excluding hydrogens is 220 g/mol. The average Bonchev–Trinajstić information content (AvgIpc) is 2.91. The molecule has 0 aliphatic heterocycles. The van der Waals surface area contributed by atoms with Crippen LogP contribution in [0.1, 0.15) is 42.9 Å². The number of hydrogen-bond donors (Lipinski definition) is 1. The van der Waals surface area contributed by atoms with Crippen molar-refractivity contribution in [2.75, 3.05) is 12.4 Å². The first-order chi connectivity index (χ1) is 8.78. The van der Waals surface area contributed by atoms with Gasteiger partial charge in [0.1, 0.15) is 0 Å². The fourth-order valence-electron chi connectivity index (χ4n) is 3.00. The Morgan fingerprint density at radius 2 is 1.94 bits per heavy atom. The van der Waals surface area contributed by atoms with Crippen LogP contribution in [0, 0.1) is 6.92 Å². The lowest BCUT2D eigenvalue weighted by Gasteiger charge is -2.13. The molecule has 1 heterocycles. The Morgan fingerprint density at radius 1 is 1.17 bits per heavy atom. The summed E-state index contributed by atoms with van der Waals surface area (Å²) in [5.74, 6) is 0.669. The van der Waals surface area contributed by atoms with Crippen molar-refractivity contribution < 1.29 is 0 Å². The monoisotopic (exact) mass is 240 g/mol. The van der Waals surface area contributed by atoms with Crippen molar-refractivity contribution in [3.8, 4) is 0 Å². The van der Waals surface area contributed by atoms with Gasteiger partial charge < -0.3 is 5.32 Å². The van der Waals surface area contributed by atoms with Crippen molar-refractivity contribution in [3.63, 3.8) is 0 Å². The predicted octanol–water partition coefficient (Wildman–Crippen LogP) is 4.24. The van der Waals surface area contributed by atoms with Gasteiger partial charge >= 0.3 is 0 Å². The zero-order valence-electron chi connectivity index (χ0n) is 11.2. The van der Waals surface area contributed by atoms with Gasteiger partial charge in [0.05, 0.1) is 5.52 Å². The van der Waals surface area contributed by atoms with Crippen molar-refractivity contribution in [1.29, 1.82) is 0 Å². The minimum absolute atomic E-state index is 0.669. The molecule has 0 bridgehead atoms. The van der Waals surface area contributed by atoms with E-state index in [2.05, 4.69) is 36.5 Å². The molecule has 1 aliphatic carbocycles. The molecule has 0 atom stereocenters. The number of benzene rings is 1. The molecule has 0 saturated heterocycles. The van der Waals surface area contributed by atoms with Gasteiger partial charge in [-0.1, -0.05) is 24.5 Å². The number of nitrogens with one attached hydrogen (secondary N) is 1. The van der Waals surface area contributed by atoms with Crippen LogP contribution in [0.25, 0.3) is 10.9 Å². The van der Waals surface area contributed by atoms with Crippen molar-refractivity contribution in [1.82, 2.24) is 4.98 Å². The van der Waals surface area contributed by atoms with E-state index in [1.54, 1.807) is 0 Å². The molecule has 94 valence electrons. The maximum atomic E-state index is 4.87. The lowest BCUT2D eigenvalue weighted by Crippen LogP contribution is -2.00. The van der Waals surface area contributed by atoms with Crippen LogP contribution < -0.4 is 5.32 Å². The molecule has 2 heteroatoms. The van der Waals surface area contributed by atoms with Crippen molar-refractivity contribution in [2.24, 2.45) is 0 Å². The number of fused-ring (bicyclic) bond motifs is 1. The summed E-state index contributed by atoms with van der Waals surface area (Å²) in [6.45, 7) is 2.13. The molecule has 2 aromatic rings. The van der Waals surface area contributed by atoms with E-state index in [-0.39, 0.29) is 0 Å². The highest BCUT2D eigenvalue weighted by atomic mass is 14.8. The Morgan fingerprint density at radius 3 is 2.67 bits per heavy atom. The number of aryl methyl sites for hydroxylation is 1. The molecular formula is C16H20N2. The molecule has 0 spiro atoms. The second-order valence-electron chi connectivity index (χ2n) is 5.35. The van der Waals surface area contributed by atoms with Crippen LogP contribution >= 0.6 is 0 Å². The second kappa shape index (κ2) is 4.60. The quantitative estimate of drug-likeness (QED) is 0.849. The Balaban J connectivity index is 2.15. The van der Waals surface area contributed by atoms with E-state index in [0.29, 0.717) is 5.92 Å². The van der Waals surface area contributed by atoms with Crippen LogP contribution in [0.5, 0.6) is 0 Å². The molecule has 0 amide bonds. The number of anilines is 1. The standard InChI is InChI=1S/C16H20N2/c1-11-7-8-14-13(9-11)16(17-2)10-15(18-14)12-5-3-4-6-12/h7-10,12H,3-6H2,1-2H3,(H,17,18). The van der Waals surface area contributed by atoms with Crippen LogP contribution in [-0.2, 0) is 0 Å². The highest BCUT2D eigenvalue weighted by Gasteiger charge is 2.19. The summed E-state index contributed by atoms with van der Waals surface area (Å²) in [4.78, 5) is 4.87. The van der Waals surface area contributed by atoms with Crippen LogP contribution in [0.2, 0.25) is 0 Å². The molecule has 1 fully saturated rings. The Bertz CT molecular complexity index is 569. The molecule has 1 aromatic heterocycles. The highest BCUT2D eigenvalue weighted by Crippen LogP contribution is 2.36. The smallest absolute Gasteiger partial charge is 0.0726 e. The van der Waals surface area contributed by atoms with Gasteiger partial charge in [0.2, 0.25) is 0 Å². The Kier molecular flexibility index (Phi) is 2.94. The molecule has 1 aliphatic rings. The van der Waals surface area contributed by atoms with Crippen molar-refractivity contribution in [2.45, 2.75) is 38.5 Å². The average molecular weight is 240 g/mol. The summed E-state index contributed by atoms with van der Waals surface area (Å²) in [5.41, 5.74) is 4.89. The number of aromatic nitrogens is 1. The molecule has 1 aromatic carbocycles. The third-order valence-electron chi connectivity index (χ3n) is 4.03. The molecule has 1 saturated carbocycles. The van der Waals surface area contributed by atoms with E-state index in [1.165, 1.54) is 48.0 Å². The van der Waals surface area contributed by atoms with Gasteiger partial charge in [-0.3, -0.25) is 4.98 Å². The third kappa shape index (κ3) is 1.96. The summed E-state index contributed by atoms with van der Waals surface area (Å²) in [6.07, 6.45) is 5.31. The van der Waals surface area contributed by atoms with Crippen LogP contribution in [0.15, 0.2) is 24.3 Å². The van der Waals surface area contributed by atoms with Crippen LogP contribution in [0.3, 0.4) is 0 Å². The van der Waals surface area contributed by atoms with E-state index >= 15 is 0 Å². The summed E-state index contributed by atoms with van der Waals surface area (Å²) in [6, 6.07) is 8.75. The van der Waals surface area contributed by atoms with Gasteiger partial charge in [-0.2, -0.15) is 0 Å². The first-order valence-electron chi connectivity index (χ1n) is 6.87. The van der Waals surface area contributed by atoms with E-state index in [4.69, 9.17) is 4.98 Å². The molecule has 0 radical (unpaired) electrons.